The molecule has 1 atom stereocenters. The number of nitrogens with one attached hydrogen (secondary N) is 1. The maximum absolute atomic E-state index is 13.1. The highest BCUT2D eigenvalue weighted by atomic mass is 19.3. The Bertz CT molecular complexity index is 796. The van der Waals surface area contributed by atoms with Crippen LogP contribution in [-0.4, -0.2) is 55.5 Å². The summed E-state index contributed by atoms with van der Waals surface area (Å²) < 4.78 is 28.9. The summed E-state index contributed by atoms with van der Waals surface area (Å²) in [6, 6.07) is 13.9. The zero-order chi connectivity index (χ0) is 20.1. The molecule has 1 amide bonds. The molecule has 1 fully saturated rings. The summed E-state index contributed by atoms with van der Waals surface area (Å²) in [6.45, 7) is -1.40. The largest absolute Gasteiger partial charge is 0.435 e. The number of carbonyl (C=O) groups is 1. The highest BCUT2D eigenvalue weighted by molar-refractivity contribution is 6.00. The summed E-state index contributed by atoms with van der Waals surface area (Å²) in [7, 11) is 4.07. The first kappa shape index (κ1) is 20.1. The number of rotatable bonds is 6. The monoisotopic (exact) mass is 389 g/mol. The maximum atomic E-state index is 13.1. The van der Waals surface area contributed by atoms with Gasteiger partial charge in [-0.1, -0.05) is 12.1 Å². The predicted octanol–water partition coefficient (Wildman–Crippen LogP) is 4.20. The maximum Gasteiger partial charge on any atom is 0.387 e. The summed E-state index contributed by atoms with van der Waals surface area (Å²) >= 11 is 0. The van der Waals surface area contributed by atoms with Crippen molar-refractivity contribution in [1.82, 2.24) is 9.80 Å². The lowest BCUT2D eigenvalue weighted by atomic mass is 10.0. The number of alkyl halides is 2. The highest BCUT2D eigenvalue weighted by Crippen LogP contribution is 2.26. The number of halogens is 2. The van der Waals surface area contributed by atoms with E-state index in [1.807, 2.05) is 37.2 Å². The van der Waals surface area contributed by atoms with E-state index >= 15 is 0 Å². The highest BCUT2D eigenvalue weighted by Gasteiger charge is 2.26. The lowest BCUT2D eigenvalue weighted by molar-refractivity contribution is -0.0498. The van der Waals surface area contributed by atoms with Crippen LogP contribution in [0.25, 0.3) is 0 Å². The molecule has 1 saturated heterocycles. The number of likely N-dealkylation sites (N-methyl/N-ethyl adjacent to an activating group) is 1. The molecule has 2 aromatic carbocycles. The average Bonchev–Trinajstić information content (AvgIpc) is 2.69. The lowest BCUT2D eigenvalue weighted by Gasteiger charge is -2.36. The molecule has 0 bridgehead atoms. The van der Waals surface area contributed by atoms with Crippen molar-refractivity contribution in [3.63, 3.8) is 0 Å². The van der Waals surface area contributed by atoms with E-state index in [4.69, 9.17) is 0 Å². The number of likely N-dealkylation sites (tertiary alicyclic amines) is 1. The van der Waals surface area contributed by atoms with Crippen LogP contribution in [0.3, 0.4) is 0 Å². The Morgan fingerprint density at radius 2 is 1.89 bits per heavy atom. The van der Waals surface area contributed by atoms with E-state index in [1.54, 1.807) is 18.2 Å². The van der Waals surface area contributed by atoms with Crippen molar-refractivity contribution in [3.05, 3.63) is 54.1 Å². The van der Waals surface area contributed by atoms with Gasteiger partial charge in [0.2, 0.25) is 0 Å². The van der Waals surface area contributed by atoms with Gasteiger partial charge in [-0.3, -0.25) is 4.79 Å². The van der Waals surface area contributed by atoms with Gasteiger partial charge in [0, 0.05) is 24.8 Å². The minimum atomic E-state index is -2.85. The van der Waals surface area contributed by atoms with Crippen LogP contribution < -0.4 is 10.1 Å². The Morgan fingerprint density at radius 3 is 2.57 bits per heavy atom. The number of amides is 1. The van der Waals surface area contributed by atoms with Crippen molar-refractivity contribution < 1.29 is 18.3 Å². The van der Waals surface area contributed by atoms with Crippen LogP contribution in [0.15, 0.2) is 48.5 Å². The van der Waals surface area contributed by atoms with Crippen LogP contribution in [0, 0.1) is 0 Å². The Balaban J connectivity index is 1.74. The summed E-state index contributed by atoms with van der Waals surface area (Å²) in [6.07, 6.45) is 2.07. The molecule has 0 aromatic heterocycles. The minimum Gasteiger partial charge on any atom is -0.435 e. The van der Waals surface area contributed by atoms with E-state index in [1.165, 1.54) is 12.1 Å². The van der Waals surface area contributed by atoms with Crippen LogP contribution in [0.2, 0.25) is 0 Å². The summed E-state index contributed by atoms with van der Waals surface area (Å²) in [4.78, 5) is 17.2. The number of ether oxygens (including phenoxy) is 1. The summed E-state index contributed by atoms with van der Waals surface area (Å²) in [5.74, 6) is 0.0836. The molecule has 2 aromatic rings. The molecular weight excluding hydrogens is 364 g/mol. The number of piperidine rings is 1. The summed E-state index contributed by atoms with van der Waals surface area (Å²) in [5.41, 5.74) is 1.96. The van der Waals surface area contributed by atoms with Gasteiger partial charge in [-0.2, -0.15) is 8.78 Å². The Hall–Kier alpha value is -2.67. The van der Waals surface area contributed by atoms with Crippen molar-refractivity contribution in [2.75, 3.05) is 32.5 Å². The van der Waals surface area contributed by atoms with Crippen LogP contribution in [-0.2, 0) is 0 Å². The molecule has 0 spiro atoms. The fraction of sp³-hybridized carbons (Fsp3) is 0.381. The van der Waals surface area contributed by atoms with Crippen molar-refractivity contribution >= 4 is 17.3 Å². The smallest absolute Gasteiger partial charge is 0.387 e. The normalized spacial score (nSPS) is 17.1. The molecule has 0 saturated carbocycles. The molecule has 1 heterocycles. The molecule has 0 aliphatic carbocycles. The van der Waals surface area contributed by atoms with E-state index < -0.39 is 6.61 Å². The fourth-order valence-corrected chi connectivity index (χ4v) is 3.38. The third-order valence-electron chi connectivity index (χ3n) is 4.93. The van der Waals surface area contributed by atoms with Crippen molar-refractivity contribution in [1.29, 1.82) is 0 Å². The molecule has 3 rings (SSSR count). The van der Waals surface area contributed by atoms with Crippen molar-refractivity contribution in [3.8, 4) is 5.75 Å². The molecule has 1 aliphatic heterocycles. The third-order valence-corrected chi connectivity index (χ3v) is 4.93. The molecule has 28 heavy (non-hydrogen) atoms. The molecule has 5 nitrogen and oxygen atoms in total. The van der Waals surface area contributed by atoms with Crippen molar-refractivity contribution in [2.45, 2.75) is 25.5 Å². The van der Waals surface area contributed by atoms with Gasteiger partial charge in [-0.25, -0.2) is 0 Å². The second-order valence-corrected chi connectivity index (χ2v) is 7.08. The van der Waals surface area contributed by atoms with Gasteiger partial charge in [0.25, 0.3) is 5.91 Å². The molecule has 150 valence electrons. The van der Waals surface area contributed by atoms with Crippen LogP contribution >= 0.6 is 0 Å². The SMILES string of the molecule is CN(C)C1CCCN(C(=O)c2ccccc2Nc2ccc(OC(F)F)cc2)C1. The third kappa shape index (κ3) is 4.98. The standard InChI is InChI=1S/C21H25F2N3O2/c1-25(2)16-6-5-13-26(14-16)20(27)18-7-3-4-8-19(18)24-15-9-11-17(12-10-15)28-21(22)23/h3-4,7-12,16,21,24H,5-6,13-14H2,1-2H3. The minimum absolute atomic E-state index is 0.00713. The lowest BCUT2D eigenvalue weighted by Crippen LogP contribution is -2.47. The van der Waals surface area contributed by atoms with Gasteiger partial charge in [0.15, 0.2) is 0 Å². The van der Waals surface area contributed by atoms with Gasteiger partial charge in [-0.05, 0) is 63.3 Å². The molecule has 7 heteroatoms. The Morgan fingerprint density at radius 1 is 1.18 bits per heavy atom. The van der Waals surface area contributed by atoms with E-state index in [9.17, 15) is 13.6 Å². The number of benzene rings is 2. The number of anilines is 2. The molecular formula is C21H25F2N3O2. The van der Waals surface area contributed by atoms with Gasteiger partial charge in [0.05, 0.1) is 11.3 Å². The van der Waals surface area contributed by atoms with Gasteiger partial charge < -0.3 is 19.9 Å². The Kier molecular flexibility index (Phi) is 6.46. The van der Waals surface area contributed by atoms with E-state index in [-0.39, 0.29) is 11.7 Å². The van der Waals surface area contributed by atoms with E-state index in [0.29, 0.717) is 29.5 Å². The first-order valence-electron chi connectivity index (χ1n) is 9.30. The fourth-order valence-electron chi connectivity index (χ4n) is 3.38. The van der Waals surface area contributed by atoms with Crippen molar-refractivity contribution in [2.24, 2.45) is 0 Å². The molecule has 1 unspecified atom stereocenters. The topological polar surface area (TPSA) is 44.8 Å². The number of carbonyl (C=O) groups excluding carboxylic acids is 1. The first-order chi connectivity index (χ1) is 13.4. The van der Waals surface area contributed by atoms with Gasteiger partial charge >= 0.3 is 6.61 Å². The van der Waals surface area contributed by atoms with Gasteiger partial charge in [0.1, 0.15) is 5.75 Å². The first-order valence-corrected chi connectivity index (χ1v) is 9.30. The zero-order valence-electron chi connectivity index (χ0n) is 16.1. The molecule has 1 N–H and O–H groups in total. The number of hydrogen-bond donors (Lipinski definition) is 1. The average molecular weight is 389 g/mol. The predicted molar refractivity (Wildman–Crippen MR) is 105 cm³/mol. The molecule has 1 aliphatic rings. The van der Waals surface area contributed by atoms with E-state index in [0.717, 1.165) is 19.4 Å². The van der Waals surface area contributed by atoms with Crippen LogP contribution in [0.5, 0.6) is 5.75 Å². The summed E-state index contributed by atoms with van der Waals surface area (Å²) in [5, 5.41) is 3.21. The quantitative estimate of drug-likeness (QED) is 0.804. The van der Waals surface area contributed by atoms with Crippen LogP contribution in [0.4, 0.5) is 20.2 Å². The number of hydrogen-bond acceptors (Lipinski definition) is 4. The van der Waals surface area contributed by atoms with E-state index in [2.05, 4.69) is 15.0 Å². The molecule has 0 radical (unpaired) electrons. The second-order valence-electron chi connectivity index (χ2n) is 7.08. The Labute approximate surface area is 163 Å². The van der Waals surface area contributed by atoms with Crippen LogP contribution in [0.1, 0.15) is 23.2 Å². The number of nitrogens with zero attached hydrogens (tertiary/aromatic N) is 2. The zero-order valence-corrected chi connectivity index (χ0v) is 16.1. The second kappa shape index (κ2) is 9.01. The number of para-hydroxylation sites is 1. The van der Waals surface area contributed by atoms with Gasteiger partial charge in [-0.15, -0.1) is 0 Å².